The Labute approximate surface area is 99.4 Å². The van der Waals surface area contributed by atoms with Crippen molar-refractivity contribution in [2.45, 2.75) is 6.92 Å². The van der Waals surface area contributed by atoms with E-state index in [1.807, 2.05) is 6.92 Å². The maximum atomic E-state index is 13.3. The Morgan fingerprint density at radius 3 is 2.69 bits per heavy atom. The van der Waals surface area contributed by atoms with Crippen molar-refractivity contribution in [3.63, 3.8) is 0 Å². The van der Waals surface area contributed by atoms with Crippen LogP contribution in [-0.4, -0.2) is 19.6 Å². The van der Waals surface area contributed by atoms with E-state index in [9.17, 15) is 9.18 Å². The van der Waals surface area contributed by atoms with E-state index >= 15 is 0 Å². The fraction of sp³-hybridized carbons (Fsp3) is 0.300. The summed E-state index contributed by atoms with van der Waals surface area (Å²) in [4.78, 5) is 11.2. The number of nitrogens with one attached hydrogen (secondary N) is 1. The van der Waals surface area contributed by atoms with E-state index in [1.54, 1.807) is 0 Å². The molecule has 1 rings (SSSR count). The number of halogens is 2. The number of methoxy groups -OCH3 is 1. The molecule has 3 N–H and O–H groups in total. The molecule has 1 aromatic carbocycles. The van der Waals surface area contributed by atoms with Gasteiger partial charge < -0.3 is 15.8 Å². The molecule has 0 aromatic heterocycles. The van der Waals surface area contributed by atoms with Crippen LogP contribution in [0.15, 0.2) is 12.1 Å². The van der Waals surface area contributed by atoms with Gasteiger partial charge in [0.1, 0.15) is 5.82 Å². The van der Waals surface area contributed by atoms with Crippen molar-refractivity contribution in [3.8, 4) is 0 Å². The molecule has 1 aromatic rings. The lowest BCUT2D eigenvalue weighted by atomic mass is 10.1. The van der Waals surface area contributed by atoms with Gasteiger partial charge in [-0.2, -0.15) is 0 Å². The Morgan fingerprint density at radius 2 is 2.19 bits per heavy atom. The summed E-state index contributed by atoms with van der Waals surface area (Å²) >= 11 is 0. The van der Waals surface area contributed by atoms with E-state index in [-0.39, 0.29) is 23.7 Å². The number of rotatable bonds is 3. The molecule has 0 bridgehead atoms. The quantitative estimate of drug-likeness (QED) is 0.635. The first-order chi connectivity index (χ1) is 7.10. The third-order valence-electron chi connectivity index (χ3n) is 1.91. The van der Waals surface area contributed by atoms with Gasteiger partial charge in [-0.1, -0.05) is 0 Å². The van der Waals surface area contributed by atoms with Crippen molar-refractivity contribution in [1.29, 1.82) is 0 Å². The number of carbonyl (C=O) groups excluding carboxylic acids is 1. The molecule has 0 atom stereocenters. The topological polar surface area (TPSA) is 64.3 Å². The van der Waals surface area contributed by atoms with Gasteiger partial charge in [0.05, 0.1) is 24.0 Å². The Balaban J connectivity index is 0.00000225. The van der Waals surface area contributed by atoms with Crippen molar-refractivity contribution >= 4 is 29.8 Å². The zero-order valence-corrected chi connectivity index (χ0v) is 9.86. The van der Waals surface area contributed by atoms with E-state index in [0.29, 0.717) is 12.2 Å². The summed E-state index contributed by atoms with van der Waals surface area (Å²) in [5.74, 6) is -1.40. The highest BCUT2D eigenvalue weighted by atomic mass is 35.5. The van der Waals surface area contributed by atoms with Crippen LogP contribution >= 0.6 is 12.4 Å². The number of benzene rings is 1. The van der Waals surface area contributed by atoms with Crippen LogP contribution in [-0.2, 0) is 4.74 Å². The van der Waals surface area contributed by atoms with Crippen molar-refractivity contribution in [2.24, 2.45) is 0 Å². The van der Waals surface area contributed by atoms with Crippen LogP contribution < -0.4 is 11.1 Å². The molecule has 0 unspecified atom stereocenters. The van der Waals surface area contributed by atoms with E-state index < -0.39 is 11.8 Å². The molecule has 0 saturated carbocycles. The van der Waals surface area contributed by atoms with Gasteiger partial charge in [0, 0.05) is 6.54 Å². The zero-order chi connectivity index (χ0) is 11.4. The molecule has 0 fully saturated rings. The fourth-order valence-electron chi connectivity index (χ4n) is 1.20. The van der Waals surface area contributed by atoms with Crippen molar-refractivity contribution in [2.75, 3.05) is 24.7 Å². The normalized spacial score (nSPS) is 9.19. The van der Waals surface area contributed by atoms with Crippen LogP contribution in [0.3, 0.4) is 0 Å². The number of hydrogen-bond acceptors (Lipinski definition) is 4. The molecule has 0 saturated heterocycles. The van der Waals surface area contributed by atoms with E-state index in [1.165, 1.54) is 13.2 Å². The predicted molar refractivity (Wildman–Crippen MR) is 63.6 cm³/mol. The first-order valence-corrected chi connectivity index (χ1v) is 4.51. The van der Waals surface area contributed by atoms with E-state index in [4.69, 9.17) is 5.73 Å². The number of ether oxygens (including phenoxy) is 1. The van der Waals surface area contributed by atoms with Gasteiger partial charge in [0.15, 0.2) is 0 Å². The smallest absolute Gasteiger partial charge is 0.340 e. The van der Waals surface area contributed by atoms with E-state index in [2.05, 4.69) is 10.1 Å². The first-order valence-electron chi connectivity index (χ1n) is 4.51. The minimum Gasteiger partial charge on any atom is -0.465 e. The highest BCUT2D eigenvalue weighted by molar-refractivity contribution is 5.92. The van der Waals surface area contributed by atoms with Gasteiger partial charge in [-0.05, 0) is 19.1 Å². The van der Waals surface area contributed by atoms with Gasteiger partial charge in [-0.3, -0.25) is 0 Å². The third-order valence-corrected chi connectivity index (χ3v) is 1.91. The second kappa shape index (κ2) is 6.17. The van der Waals surface area contributed by atoms with Crippen LogP contribution in [0.4, 0.5) is 15.8 Å². The van der Waals surface area contributed by atoms with Crippen LogP contribution in [0.2, 0.25) is 0 Å². The first kappa shape index (κ1) is 14.5. The minimum absolute atomic E-state index is 0. The molecule has 0 aliphatic rings. The Bertz CT molecular complexity index is 385. The monoisotopic (exact) mass is 248 g/mol. The maximum absolute atomic E-state index is 13.3. The highest BCUT2D eigenvalue weighted by Crippen LogP contribution is 2.23. The molecular weight excluding hydrogens is 235 g/mol. The van der Waals surface area contributed by atoms with Crippen LogP contribution in [0.25, 0.3) is 0 Å². The molecule has 90 valence electrons. The summed E-state index contributed by atoms with van der Waals surface area (Å²) in [6.45, 7) is 2.51. The zero-order valence-electron chi connectivity index (χ0n) is 9.04. The van der Waals surface area contributed by atoms with Crippen molar-refractivity contribution in [1.82, 2.24) is 0 Å². The maximum Gasteiger partial charge on any atom is 0.340 e. The average molecular weight is 249 g/mol. The summed E-state index contributed by atoms with van der Waals surface area (Å²) in [6, 6.07) is 2.45. The predicted octanol–water partition coefficient (Wildman–Crippen LogP) is 2.05. The number of carbonyl (C=O) groups is 1. The van der Waals surface area contributed by atoms with Crippen molar-refractivity contribution in [3.05, 3.63) is 23.5 Å². The minimum atomic E-state index is -0.716. The average Bonchev–Trinajstić information content (AvgIpc) is 2.21. The lowest BCUT2D eigenvalue weighted by Crippen LogP contribution is -2.08. The molecule has 0 radical (unpaired) electrons. The van der Waals surface area contributed by atoms with Gasteiger partial charge in [-0.15, -0.1) is 12.4 Å². The lowest BCUT2D eigenvalue weighted by Gasteiger charge is -2.09. The summed E-state index contributed by atoms with van der Waals surface area (Å²) in [5.41, 5.74) is 6.23. The number of anilines is 2. The molecule has 6 heteroatoms. The molecule has 0 heterocycles. The lowest BCUT2D eigenvalue weighted by molar-refractivity contribution is 0.0595. The van der Waals surface area contributed by atoms with Crippen LogP contribution in [0.5, 0.6) is 0 Å². The Morgan fingerprint density at radius 1 is 1.56 bits per heavy atom. The summed E-state index contributed by atoms with van der Waals surface area (Å²) < 4.78 is 17.7. The SMILES string of the molecule is CCNc1cc(C(=O)OC)c(F)cc1N.Cl. The molecule has 0 aliphatic heterocycles. The number of esters is 1. The second-order valence-corrected chi connectivity index (χ2v) is 2.94. The van der Waals surface area contributed by atoms with Crippen LogP contribution in [0.1, 0.15) is 17.3 Å². The molecule has 0 spiro atoms. The Hall–Kier alpha value is -1.49. The van der Waals surface area contributed by atoms with Gasteiger partial charge in [-0.25, -0.2) is 9.18 Å². The molecule has 16 heavy (non-hydrogen) atoms. The van der Waals surface area contributed by atoms with Gasteiger partial charge in [0.2, 0.25) is 0 Å². The summed E-state index contributed by atoms with van der Waals surface area (Å²) in [5, 5.41) is 2.92. The van der Waals surface area contributed by atoms with E-state index in [0.717, 1.165) is 6.07 Å². The van der Waals surface area contributed by atoms with Gasteiger partial charge in [0.25, 0.3) is 0 Å². The largest absolute Gasteiger partial charge is 0.465 e. The van der Waals surface area contributed by atoms with Crippen LogP contribution in [0, 0.1) is 5.82 Å². The van der Waals surface area contributed by atoms with Gasteiger partial charge >= 0.3 is 5.97 Å². The Kier molecular flexibility index (Phi) is 5.60. The fourth-order valence-corrected chi connectivity index (χ4v) is 1.20. The van der Waals surface area contributed by atoms with Crippen molar-refractivity contribution < 1.29 is 13.9 Å². The number of nitrogens with two attached hydrogens (primary N) is 1. The summed E-state index contributed by atoms with van der Waals surface area (Å²) in [7, 11) is 1.20. The molecular formula is C10H14ClFN2O2. The summed E-state index contributed by atoms with van der Waals surface area (Å²) in [6.07, 6.45) is 0. The highest BCUT2D eigenvalue weighted by Gasteiger charge is 2.14. The number of hydrogen-bond donors (Lipinski definition) is 2. The third kappa shape index (κ3) is 3.00. The second-order valence-electron chi connectivity index (χ2n) is 2.94. The molecule has 4 nitrogen and oxygen atoms in total. The molecule has 0 amide bonds. The molecule has 0 aliphatic carbocycles. The standard InChI is InChI=1S/C10H13FN2O2.ClH/c1-3-13-9-4-6(10(14)15-2)7(11)5-8(9)12;/h4-5,13H,3,12H2,1-2H3;1H. The number of nitrogen functional groups attached to an aromatic ring is 1.